The normalized spacial score (nSPS) is 18.3. The predicted molar refractivity (Wildman–Crippen MR) is 53.2 cm³/mol. The van der Waals surface area contributed by atoms with Crippen LogP contribution in [0.2, 0.25) is 0 Å². The summed E-state index contributed by atoms with van der Waals surface area (Å²) in [5.41, 5.74) is 0. The van der Waals surface area contributed by atoms with E-state index in [1.807, 2.05) is 11.7 Å². The van der Waals surface area contributed by atoms with Crippen LogP contribution in [0.3, 0.4) is 0 Å². The van der Waals surface area contributed by atoms with Gasteiger partial charge in [-0.15, -0.1) is 5.10 Å². The van der Waals surface area contributed by atoms with Crippen molar-refractivity contribution in [3.8, 4) is 0 Å². The topological polar surface area (TPSA) is 34.0 Å². The molecule has 1 aliphatic heterocycles. The maximum absolute atomic E-state index is 4.30. The summed E-state index contributed by atoms with van der Waals surface area (Å²) in [7, 11) is 1.93. The largest absolute Gasteiger partial charge is 0.296 e. The third kappa shape index (κ3) is 2.08. The van der Waals surface area contributed by atoms with Crippen LogP contribution >= 0.6 is 15.9 Å². The van der Waals surface area contributed by atoms with Gasteiger partial charge < -0.3 is 0 Å². The predicted octanol–water partition coefficient (Wildman–Crippen LogP) is 1.17. The van der Waals surface area contributed by atoms with Crippen LogP contribution in [0.4, 0.5) is 0 Å². The number of rotatable bonds is 2. The van der Waals surface area contributed by atoms with Gasteiger partial charge in [-0.3, -0.25) is 9.58 Å². The van der Waals surface area contributed by atoms with Crippen molar-refractivity contribution < 1.29 is 0 Å². The molecule has 0 unspecified atom stereocenters. The van der Waals surface area contributed by atoms with Gasteiger partial charge in [-0.25, -0.2) is 4.98 Å². The van der Waals surface area contributed by atoms with Crippen molar-refractivity contribution in [3.63, 3.8) is 0 Å². The third-order valence-corrected chi connectivity index (χ3v) is 2.73. The van der Waals surface area contributed by atoms with Crippen LogP contribution in [0.1, 0.15) is 18.7 Å². The summed E-state index contributed by atoms with van der Waals surface area (Å²) in [5, 5.41) is 4.15. The molecule has 2 heterocycles. The molecule has 0 bridgehead atoms. The summed E-state index contributed by atoms with van der Waals surface area (Å²) in [6, 6.07) is 0. The van der Waals surface area contributed by atoms with E-state index in [4.69, 9.17) is 0 Å². The van der Waals surface area contributed by atoms with Gasteiger partial charge in [-0.1, -0.05) is 0 Å². The van der Waals surface area contributed by atoms with E-state index in [0.717, 1.165) is 12.4 Å². The molecule has 2 rings (SSSR count). The van der Waals surface area contributed by atoms with E-state index in [1.165, 1.54) is 25.9 Å². The average Bonchev–Trinajstić information content (AvgIpc) is 2.63. The maximum Gasteiger partial charge on any atom is 0.217 e. The summed E-state index contributed by atoms with van der Waals surface area (Å²) in [6.45, 7) is 3.32. The molecule has 0 saturated carbocycles. The highest BCUT2D eigenvalue weighted by atomic mass is 79.9. The van der Waals surface area contributed by atoms with Crippen LogP contribution in [-0.2, 0) is 13.6 Å². The molecule has 4 nitrogen and oxygen atoms in total. The standard InChI is InChI=1S/C8H13BrN4/c1-12-7(10-8(9)11-12)6-13-4-2-3-5-13/h2-6H2,1H3. The molecule has 72 valence electrons. The van der Waals surface area contributed by atoms with Crippen LogP contribution in [0.5, 0.6) is 0 Å². The monoisotopic (exact) mass is 244 g/mol. The molecule has 0 spiro atoms. The number of hydrogen-bond acceptors (Lipinski definition) is 3. The van der Waals surface area contributed by atoms with E-state index >= 15 is 0 Å². The van der Waals surface area contributed by atoms with Gasteiger partial charge in [0.25, 0.3) is 0 Å². The number of halogens is 1. The van der Waals surface area contributed by atoms with Crippen molar-refractivity contribution in [3.05, 3.63) is 10.6 Å². The lowest BCUT2D eigenvalue weighted by molar-refractivity contribution is 0.316. The maximum atomic E-state index is 4.30. The fourth-order valence-corrected chi connectivity index (χ4v) is 2.10. The highest BCUT2D eigenvalue weighted by Gasteiger charge is 2.14. The van der Waals surface area contributed by atoms with Crippen LogP contribution in [0.15, 0.2) is 4.73 Å². The molecular weight excluding hydrogens is 232 g/mol. The number of hydrogen-bond donors (Lipinski definition) is 0. The van der Waals surface area contributed by atoms with Crippen molar-refractivity contribution in [1.29, 1.82) is 0 Å². The smallest absolute Gasteiger partial charge is 0.217 e. The van der Waals surface area contributed by atoms with Gasteiger partial charge >= 0.3 is 0 Å². The quantitative estimate of drug-likeness (QED) is 0.784. The summed E-state index contributed by atoms with van der Waals surface area (Å²) < 4.78 is 2.52. The molecular formula is C8H13BrN4. The van der Waals surface area contributed by atoms with Gasteiger partial charge in [0.15, 0.2) is 0 Å². The summed E-state index contributed by atoms with van der Waals surface area (Å²) in [5.74, 6) is 1.04. The second kappa shape index (κ2) is 3.75. The van der Waals surface area contributed by atoms with Crippen LogP contribution in [0.25, 0.3) is 0 Å². The Hall–Kier alpha value is -0.420. The lowest BCUT2D eigenvalue weighted by Gasteiger charge is -2.12. The molecule has 0 radical (unpaired) electrons. The van der Waals surface area contributed by atoms with E-state index in [2.05, 4.69) is 30.9 Å². The zero-order valence-corrected chi connectivity index (χ0v) is 9.29. The van der Waals surface area contributed by atoms with Gasteiger partial charge in [0.2, 0.25) is 4.73 Å². The molecule has 1 saturated heterocycles. The molecule has 13 heavy (non-hydrogen) atoms. The Labute approximate surface area is 86.1 Å². The van der Waals surface area contributed by atoms with Gasteiger partial charge in [0, 0.05) is 7.05 Å². The van der Waals surface area contributed by atoms with Crippen molar-refractivity contribution in [2.45, 2.75) is 19.4 Å². The number of nitrogens with zero attached hydrogens (tertiary/aromatic N) is 4. The zero-order valence-electron chi connectivity index (χ0n) is 7.70. The minimum absolute atomic E-state index is 0.684. The van der Waals surface area contributed by atoms with Crippen molar-refractivity contribution in [2.75, 3.05) is 13.1 Å². The highest BCUT2D eigenvalue weighted by Crippen LogP contribution is 2.12. The summed E-state index contributed by atoms with van der Waals surface area (Å²) in [4.78, 5) is 6.71. The van der Waals surface area contributed by atoms with Gasteiger partial charge in [0.1, 0.15) is 5.82 Å². The molecule has 1 aromatic rings. The Balaban J connectivity index is 2.03. The number of likely N-dealkylation sites (tertiary alicyclic amines) is 1. The first kappa shape index (κ1) is 9.15. The molecule has 0 aromatic carbocycles. The Morgan fingerprint density at radius 3 is 2.62 bits per heavy atom. The fourth-order valence-electron chi connectivity index (χ4n) is 1.66. The number of aromatic nitrogens is 3. The molecule has 1 aromatic heterocycles. The van der Waals surface area contributed by atoms with Gasteiger partial charge in [-0.05, 0) is 41.9 Å². The summed E-state index contributed by atoms with van der Waals surface area (Å²) in [6.07, 6.45) is 2.64. The Bertz CT molecular complexity index is 290. The lowest BCUT2D eigenvalue weighted by atomic mass is 10.4. The van der Waals surface area contributed by atoms with Crippen LogP contribution < -0.4 is 0 Å². The highest BCUT2D eigenvalue weighted by molar-refractivity contribution is 9.10. The zero-order chi connectivity index (χ0) is 9.26. The van der Waals surface area contributed by atoms with Crippen molar-refractivity contribution in [1.82, 2.24) is 19.7 Å². The molecule has 0 atom stereocenters. The molecule has 1 aliphatic rings. The van der Waals surface area contributed by atoms with E-state index in [0.29, 0.717) is 4.73 Å². The Morgan fingerprint density at radius 1 is 1.38 bits per heavy atom. The van der Waals surface area contributed by atoms with E-state index in [1.54, 1.807) is 0 Å². The fraction of sp³-hybridized carbons (Fsp3) is 0.750. The second-order valence-electron chi connectivity index (χ2n) is 3.40. The average molecular weight is 245 g/mol. The first-order valence-electron chi connectivity index (χ1n) is 4.53. The van der Waals surface area contributed by atoms with E-state index < -0.39 is 0 Å². The first-order valence-corrected chi connectivity index (χ1v) is 5.33. The molecule has 0 amide bonds. The molecule has 1 fully saturated rings. The Morgan fingerprint density at radius 2 is 2.08 bits per heavy atom. The van der Waals surface area contributed by atoms with Crippen LogP contribution in [-0.4, -0.2) is 32.8 Å². The SMILES string of the molecule is Cn1nc(Br)nc1CN1CCCC1. The molecule has 0 N–H and O–H groups in total. The van der Waals surface area contributed by atoms with E-state index in [9.17, 15) is 0 Å². The lowest BCUT2D eigenvalue weighted by Crippen LogP contribution is -2.20. The van der Waals surface area contributed by atoms with Crippen LogP contribution in [0, 0.1) is 0 Å². The van der Waals surface area contributed by atoms with Crippen molar-refractivity contribution in [2.24, 2.45) is 7.05 Å². The third-order valence-electron chi connectivity index (χ3n) is 2.39. The Kier molecular flexibility index (Phi) is 2.64. The first-order chi connectivity index (χ1) is 6.25. The molecule has 0 aliphatic carbocycles. The minimum Gasteiger partial charge on any atom is -0.296 e. The number of aryl methyl sites for hydroxylation is 1. The van der Waals surface area contributed by atoms with E-state index in [-0.39, 0.29) is 0 Å². The minimum atomic E-state index is 0.684. The van der Waals surface area contributed by atoms with Gasteiger partial charge in [0.05, 0.1) is 6.54 Å². The van der Waals surface area contributed by atoms with Gasteiger partial charge in [-0.2, -0.15) is 0 Å². The van der Waals surface area contributed by atoms with Crippen molar-refractivity contribution >= 4 is 15.9 Å². The molecule has 5 heteroatoms. The summed E-state index contributed by atoms with van der Waals surface area (Å²) >= 11 is 3.27. The second-order valence-corrected chi connectivity index (χ2v) is 4.11.